The molecule has 0 aliphatic heterocycles. The number of hydrogen-bond donors (Lipinski definition) is 2. The Morgan fingerprint density at radius 1 is 1.10 bits per heavy atom. The number of amides is 1. The fraction of sp³-hybridized carbons (Fsp3) is 0.238. The summed E-state index contributed by atoms with van der Waals surface area (Å²) in [6.07, 6.45) is 0. The third-order valence-corrected chi connectivity index (χ3v) is 7.00. The van der Waals surface area contributed by atoms with Gasteiger partial charge < -0.3 is 15.0 Å². The molecule has 0 atom stereocenters. The van der Waals surface area contributed by atoms with Gasteiger partial charge in [-0.15, -0.1) is 0 Å². The van der Waals surface area contributed by atoms with E-state index in [-0.39, 0.29) is 27.5 Å². The fourth-order valence-electron chi connectivity index (χ4n) is 3.28. The van der Waals surface area contributed by atoms with E-state index in [1.54, 1.807) is 45.2 Å². The van der Waals surface area contributed by atoms with E-state index in [0.717, 1.165) is 0 Å². The number of pyridine rings is 1. The summed E-state index contributed by atoms with van der Waals surface area (Å²) in [5.41, 5.74) is 0.293. The maximum atomic E-state index is 12.9. The van der Waals surface area contributed by atoms with Gasteiger partial charge in [0.15, 0.2) is 0 Å². The first kappa shape index (κ1) is 21.5. The number of benzene rings is 2. The van der Waals surface area contributed by atoms with Gasteiger partial charge in [-0.3, -0.25) is 9.59 Å². The van der Waals surface area contributed by atoms with Gasteiger partial charge in [0, 0.05) is 31.6 Å². The average molecular weight is 429 g/mol. The van der Waals surface area contributed by atoms with E-state index in [1.807, 2.05) is 0 Å². The molecule has 1 aromatic heterocycles. The maximum absolute atomic E-state index is 12.9. The van der Waals surface area contributed by atoms with Crippen LogP contribution in [0.5, 0.6) is 5.75 Å². The van der Waals surface area contributed by atoms with Crippen LogP contribution in [0.1, 0.15) is 24.2 Å². The first-order chi connectivity index (χ1) is 14.2. The molecule has 0 spiro atoms. The summed E-state index contributed by atoms with van der Waals surface area (Å²) < 4.78 is 28.2. The number of sulfonamides is 1. The number of fused-ring (bicyclic) bond motifs is 1. The molecule has 2 aromatic carbocycles. The quantitative estimate of drug-likeness (QED) is 0.586. The van der Waals surface area contributed by atoms with Gasteiger partial charge >= 0.3 is 0 Å². The van der Waals surface area contributed by atoms with Gasteiger partial charge in [0.25, 0.3) is 11.5 Å². The molecular formula is C21H23N3O5S. The Hall–Kier alpha value is -3.17. The molecule has 0 saturated heterocycles. The molecule has 9 heteroatoms. The molecule has 0 aliphatic carbocycles. The number of rotatable bonds is 6. The predicted molar refractivity (Wildman–Crippen MR) is 115 cm³/mol. The number of carbonyl (C=O) groups is 1. The zero-order valence-corrected chi connectivity index (χ0v) is 17.7. The minimum absolute atomic E-state index is 0.0480. The highest BCUT2D eigenvalue weighted by Crippen LogP contribution is 2.29. The molecule has 30 heavy (non-hydrogen) atoms. The molecule has 0 radical (unpaired) electrons. The number of para-hydroxylation sites is 1. The van der Waals surface area contributed by atoms with E-state index in [0.29, 0.717) is 24.0 Å². The summed E-state index contributed by atoms with van der Waals surface area (Å²) >= 11 is 0. The van der Waals surface area contributed by atoms with Gasteiger partial charge in [0.2, 0.25) is 10.0 Å². The lowest BCUT2D eigenvalue weighted by atomic mass is 10.1. The molecule has 0 unspecified atom stereocenters. The molecule has 3 aromatic rings. The van der Waals surface area contributed by atoms with Crippen LogP contribution < -0.4 is 10.9 Å². The van der Waals surface area contributed by atoms with E-state index in [1.165, 1.54) is 33.1 Å². The van der Waals surface area contributed by atoms with Gasteiger partial charge in [-0.25, -0.2) is 8.42 Å². The second-order valence-electron chi connectivity index (χ2n) is 6.69. The lowest BCUT2D eigenvalue weighted by Gasteiger charge is -2.19. The van der Waals surface area contributed by atoms with Crippen molar-refractivity contribution in [1.29, 1.82) is 0 Å². The van der Waals surface area contributed by atoms with Crippen LogP contribution in [0.2, 0.25) is 0 Å². The van der Waals surface area contributed by atoms with Crippen molar-refractivity contribution in [3.05, 3.63) is 64.4 Å². The van der Waals surface area contributed by atoms with E-state index in [2.05, 4.69) is 5.32 Å². The summed E-state index contributed by atoms with van der Waals surface area (Å²) in [6, 6.07) is 11.9. The zero-order valence-electron chi connectivity index (χ0n) is 16.9. The first-order valence-electron chi connectivity index (χ1n) is 9.44. The fourth-order valence-corrected chi connectivity index (χ4v) is 4.76. The van der Waals surface area contributed by atoms with Crippen LogP contribution in [0, 0.1) is 0 Å². The summed E-state index contributed by atoms with van der Waals surface area (Å²) in [5, 5.41) is 13.3. The van der Waals surface area contributed by atoms with Crippen molar-refractivity contribution in [2.45, 2.75) is 18.7 Å². The minimum Gasteiger partial charge on any atom is -0.506 e. The van der Waals surface area contributed by atoms with Crippen LogP contribution >= 0.6 is 0 Å². The van der Waals surface area contributed by atoms with Crippen molar-refractivity contribution in [2.75, 3.05) is 18.4 Å². The number of hydrogen-bond acceptors (Lipinski definition) is 5. The number of nitrogens with one attached hydrogen (secondary N) is 1. The molecule has 2 N–H and O–H groups in total. The monoisotopic (exact) mass is 429 g/mol. The van der Waals surface area contributed by atoms with Gasteiger partial charge in [-0.1, -0.05) is 32.0 Å². The number of nitrogens with zero attached hydrogens (tertiary/aromatic N) is 2. The van der Waals surface area contributed by atoms with Crippen LogP contribution in [-0.2, 0) is 17.1 Å². The Morgan fingerprint density at radius 3 is 2.43 bits per heavy atom. The van der Waals surface area contributed by atoms with Crippen molar-refractivity contribution < 1.29 is 18.3 Å². The van der Waals surface area contributed by atoms with Crippen LogP contribution in [0.4, 0.5) is 5.69 Å². The molecule has 158 valence electrons. The molecule has 1 heterocycles. The van der Waals surface area contributed by atoms with Crippen molar-refractivity contribution >= 4 is 32.5 Å². The van der Waals surface area contributed by atoms with Gasteiger partial charge in [0.05, 0.1) is 21.7 Å². The molecule has 0 bridgehead atoms. The maximum Gasteiger partial charge on any atom is 0.256 e. The Balaban J connectivity index is 2.04. The average Bonchev–Trinajstić information content (AvgIpc) is 2.72. The Kier molecular flexibility index (Phi) is 5.95. The number of phenols is 1. The smallest absolute Gasteiger partial charge is 0.256 e. The number of aryl methyl sites for hydroxylation is 1. The number of aromatic hydroxyl groups is 1. The largest absolute Gasteiger partial charge is 0.506 e. The Bertz CT molecular complexity index is 1280. The van der Waals surface area contributed by atoms with Crippen molar-refractivity contribution in [3.8, 4) is 5.75 Å². The van der Waals surface area contributed by atoms with E-state index in [4.69, 9.17) is 0 Å². The zero-order chi connectivity index (χ0) is 22.1. The van der Waals surface area contributed by atoms with Crippen molar-refractivity contribution in [1.82, 2.24) is 8.87 Å². The number of aromatic nitrogens is 1. The molecular weight excluding hydrogens is 406 g/mol. The molecule has 8 nitrogen and oxygen atoms in total. The SMILES string of the molecule is CCN(CC)S(=O)(=O)c1ccc(O)c(NC(=O)c2cc(=O)n(C)c3ccccc23)c1. The summed E-state index contributed by atoms with van der Waals surface area (Å²) in [6.45, 7) is 4.04. The van der Waals surface area contributed by atoms with Crippen LogP contribution in [-0.4, -0.2) is 41.4 Å². The van der Waals surface area contributed by atoms with Crippen LogP contribution in [0.25, 0.3) is 10.9 Å². The third kappa shape index (κ3) is 3.81. The van der Waals surface area contributed by atoms with Gasteiger partial charge in [0.1, 0.15) is 5.75 Å². The second kappa shape index (κ2) is 8.29. The van der Waals surface area contributed by atoms with Crippen molar-refractivity contribution in [3.63, 3.8) is 0 Å². The van der Waals surface area contributed by atoms with E-state index >= 15 is 0 Å². The number of carbonyl (C=O) groups excluding carboxylic acids is 1. The summed E-state index contributed by atoms with van der Waals surface area (Å²) in [4.78, 5) is 25.1. The van der Waals surface area contributed by atoms with Crippen LogP contribution in [0.3, 0.4) is 0 Å². The normalized spacial score (nSPS) is 11.7. The van der Waals surface area contributed by atoms with E-state index in [9.17, 15) is 23.1 Å². The molecule has 0 aliphatic rings. The minimum atomic E-state index is -3.77. The molecule has 0 fully saturated rings. The molecule has 3 rings (SSSR count). The van der Waals surface area contributed by atoms with Gasteiger partial charge in [-0.2, -0.15) is 4.31 Å². The lowest BCUT2D eigenvalue weighted by Crippen LogP contribution is -2.30. The standard InChI is InChI=1S/C21H23N3O5S/c1-4-24(5-2)30(28,29)14-10-11-19(25)17(12-14)22-21(27)16-13-20(26)23(3)18-9-7-6-8-15(16)18/h6-13,25H,4-5H2,1-3H3,(H,22,27). The highest BCUT2D eigenvalue weighted by Gasteiger charge is 2.23. The topological polar surface area (TPSA) is 109 Å². The highest BCUT2D eigenvalue weighted by molar-refractivity contribution is 7.89. The van der Waals surface area contributed by atoms with Crippen LogP contribution in [0.15, 0.2) is 58.2 Å². The number of anilines is 1. The predicted octanol–water partition coefficient (Wildman–Crippen LogP) is 2.53. The summed E-state index contributed by atoms with van der Waals surface area (Å²) in [7, 11) is -2.16. The Morgan fingerprint density at radius 2 is 1.77 bits per heavy atom. The number of phenolic OH excluding ortho intramolecular Hbond substituents is 1. The van der Waals surface area contributed by atoms with Crippen molar-refractivity contribution in [2.24, 2.45) is 7.05 Å². The highest BCUT2D eigenvalue weighted by atomic mass is 32.2. The first-order valence-corrected chi connectivity index (χ1v) is 10.9. The van der Waals surface area contributed by atoms with E-state index < -0.39 is 15.9 Å². The lowest BCUT2D eigenvalue weighted by molar-refractivity contribution is 0.102. The molecule has 0 saturated carbocycles. The molecule has 1 amide bonds. The third-order valence-electron chi connectivity index (χ3n) is 4.96. The summed E-state index contributed by atoms with van der Waals surface area (Å²) in [5.74, 6) is -0.911. The second-order valence-corrected chi connectivity index (χ2v) is 8.63. The van der Waals surface area contributed by atoms with Gasteiger partial charge in [-0.05, 0) is 24.3 Å². The Labute approximate surface area is 174 Å².